The molecule has 0 spiro atoms. The zero-order chi connectivity index (χ0) is 18.0. The minimum absolute atomic E-state index is 0.659. The van der Waals surface area contributed by atoms with Crippen molar-refractivity contribution in [1.82, 2.24) is 19.2 Å². The molecular weight excluding hydrogens is 328 g/mol. The number of nitrogens with zero attached hydrogens (tertiary/aromatic N) is 4. The van der Waals surface area contributed by atoms with E-state index in [9.17, 15) is 0 Å². The predicted molar refractivity (Wildman–Crippen MR) is 105 cm³/mol. The molecule has 2 aromatic carbocycles. The van der Waals surface area contributed by atoms with E-state index in [0.29, 0.717) is 6.67 Å². The van der Waals surface area contributed by atoms with Gasteiger partial charge in [-0.05, 0) is 57.7 Å². The largest absolute Gasteiger partial charge is 0.283 e. The molecule has 0 radical (unpaired) electrons. The van der Waals surface area contributed by atoms with Crippen LogP contribution in [0.4, 0.5) is 0 Å². The molecule has 3 aromatic rings. The Hall–Kier alpha value is -2.24. The Morgan fingerprint density at radius 3 is 2.08 bits per heavy atom. The summed E-state index contributed by atoms with van der Waals surface area (Å²) in [5.74, 6) is 0.901. The first-order valence-electron chi connectivity index (χ1n) is 8.41. The lowest BCUT2D eigenvalue weighted by Gasteiger charge is -2.16. The predicted octanol–water partition coefficient (Wildman–Crippen LogP) is 4.42. The quantitative estimate of drug-likeness (QED) is 0.636. The third kappa shape index (κ3) is 4.06. The van der Waals surface area contributed by atoms with Gasteiger partial charge in [0.05, 0.1) is 6.67 Å². The molecule has 0 saturated carbocycles. The highest BCUT2D eigenvalue weighted by molar-refractivity contribution is 7.71. The highest BCUT2D eigenvalue weighted by atomic mass is 32.1. The van der Waals surface area contributed by atoms with Crippen molar-refractivity contribution in [3.8, 4) is 5.69 Å². The van der Waals surface area contributed by atoms with Crippen LogP contribution in [0.5, 0.6) is 0 Å². The van der Waals surface area contributed by atoms with Gasteiger partial charge in [0.1, 0.15) is 5.82 Å². The van der Waals surface area contributed by atoms with E-state index >= 15 is 0 Å². The van der Waals surface area contributed by atoms with Gasteiger partial charge in [-0.25, -0.2) is 4.68 Å². The maximum Gasteiger partial charge on any atom is 0.203 e. The fraction of sp³-hybridized carbons (Fsp3) is 0.300. The van der Waals surface area contributed by atoms with Gasteiger partial charge in [-0.3, -0.25) is 9.47 Å². The summed E-state index contributed by atoms with van der Waals surface area (Å²) in [6.45, 7) is 7.70. The van der Waals surface area contributed by atoms with Crippen molar-refractivity contribution in [1.29, 1.82) is 0 Å². The van der Waals surface area contributed by atoms with Crippen LogP contribution in [0.1, 0.15) is 22.5 Å². The number of hydrogen-bond acceptors (Lipinski definition) is 3. The monoisotopic (exact) mass is 352 g/mol. The maximum absolute atomic E-state index is 5.66. The molecule has 0 N–H and O–H groups in total. The molecule has 3 rings (SSSR count). The number of benzene rings is 2. The molecule has 0 aliphatic rings. The molecule has 0 aliphatic heterocycles. The molecule has 0 aliphatic carbocycles. The van der Waals surface area contributed by atoms with Crippen LogP contribution in [-0.4, -0.2) is 26.3 Å². The summed E-state index contributed by atoms with van der Waals surface area (Å²) in [4.78, 5) is 2.21. The minimum atomic E-state index is 0.659. The Morgan fingerprint density at radius 1 is 0.920 bits per heavy atom. The average molecular weight is 353 g/mol. The standard InChI is InChI=1S/C20H24N4S/c1-15-5-9-18(10-6-15)13-22(4)14-23-20(25)24(17(3)21-23)19-11-7-16(2)8-12-19/h5-12H,13-14H2,1-4H3. The van der Waals surface area contributed by atoms with Crippen LogP contribution < -0.4 is 0 Å². The van der Waals surface area contributed by atoms with E-state index in [2.05, 4.69) is 79.4 Å². The van der Waals surface area contributed by atoms with Gasteiger partial charge in [0.15, 0.2) is 0 Å². The molecule has 4 nitrogen and oxygen atoms in total. The third-order valence-electron chi connectivity index (χ3n) is 4.24. The topological polar surface area (TPSA) is 26.0 Å². The third-order valence-corrected chi connectivity index (χ3v) is 4.64. The van der Waals surface area contributed by atoms with Gasteiger partial charge in [-0.1, -0.05) is 47.5 Å². The maximum atomic E-state index is 5.66. The van der Waals surface area contributed by atoms with E-state index < -0.39 is 0 Å². The molecule has 0 unspecified atom stereocenters. The number of hydrogen-bond donors (Lipinski definition) is 0. The minimum Gasteiger partial charge on any atom is -0.283 e. The average Bonchev–Trinajstić information content (AvgIpc) is 2.84. The first-order valence-corrected chi connectivity index (χ1v) is 8.82. The lowest BCUT2D eigenvalue weighted by Crippen LogP contribution is -2.22. The van der Waals surface area contributed by atoms with Crippen LogP contribution >= 0.6 is 12.2 Å². The van der Waals surface area contributed by atoms with E-state index in [1.807, 2.05) is 16.2 Å². The summed E-state index contributed by atoms with van der Waals surface area (Å²) in [5, 5.41) is 4.64. The van der Waals surface area contributed by atoms with Crippen molar-refractivity contribution in [2.45, 2.75) is 34.0 Å². The summed E-state index contributed by atoms with van der Waals surface area (Å²) < 4.78 is 4.63. The van der Waals surface area contributed by atoms with Crippen LogP contribution in [0.15, 0.2) is 48.5 Å². The summed E-state index contributed by atoms with van der Waals surface area (Å²) in [6.07, 6.45) is 0. The number of rotatable bonds is 5. The molecule has 25 heavy (non-hydrogen) atoms. The lowest BCUT2D eigenvalue weighted by molar-refractivity contribution is 0.244. The highest BCUT2D eigenvalue weighted by Crippen LogP contribution is 2.14. The second kappa shape index (κ2) is 7.33. The van der Waals surface area contributed by atoms with E-state index in [0.717, 1.165) is 22.8 Å². The Kier molecular flexibility index (Phi) is 5.16. The van der Waals surface area contributed by atoms with Crippen LogP contribution in [0.2, 0.25) is 0 Å². The lowest BCUT2D eigenvalue weighted by atomic mass is 10.1. The fourth-order valence-corrected chi connectivity index (χ4v) is 3.22. The summed E-state index contributed by atoms with van der Waals surface area (Å²) in [6, 6.07) is 17.0. The Balaban J connectivity index is 1.79. The van der Waals surface area contributed by atoms with E-state index in [4.69, 9.17) is 12.2 Å². The molecule has 1 aromatic heterocycles. The number of aromatic nitrogens is 3. The van der Waals surface area contributed by atoms with Crippen molar-refractivity contribution in [2.75, 3.05) is 7.05 Å². The van der Waals surface area contributed by atoms with Gasteiger partial charge in [-0.15, -0.1) is 0 Å². The Bertz CT molecular complexity index is 904. The van der Waals surface area contributed by atoms with Crippen LogP contribution in [0, 0.1) is 25.5 Å². The van der Waals surface area contributed by atoms with Gasteiger partial charge in [0, 0.05) is 12.2 Å². The second-order valence-corrected chi connectivity index (χ2v) is 7.01. The van der Waals surface area contributed by atoms with Gasteiger partial charge in [0.25, 0.3) is 0 Å². The highest BCUT2D eigenvalue weighted by Gasteiger charge is 2.10. The van der Waals surface area contributed by atoms with Gasteiger partial charge in [0.2, 0.25) is 4.77 Å². The normalized spacial score (nSPS) is 11.2. The molecule has 0 amide bonds. The van der Waals surface area contributed by atoms with Crippen molar-refractivity contribution >= 4 is 12.2 Å². The van der Waals surface area contributed by atoms with Crippen LogP contribution in [0.3, 0.4) is 0 Å². The second-order valence-electron chi connectivity index (χ2n) is 6.64. The van der Waals surface area contributed by atoms with E-state index in [-0.39, 0.29) is 0 Å². The molecule has 5 heteroatoms. The van der Waals surface area contributed by atoms with Gasteiger partial charge < -0.3 is 0 Å². The molecule has 0 saturated heterocycles. The molecular formula is C20H24N4S. The molecule has 0 bridgehead atoms. The zero-order valence-electron chi connectivity index (χ0n) is 15.2. The molecule has 0 fully saturated rings. The zero-order valence-corrected chi connectivity index (χ0v) is 16.0. The summed E-state index contributed by atoms with van der Waals surface area (Å²) in [5.41, 5.74) is 4.86. The fourth-order valence-electron chi connectivity index (χ4n) is 2.88. The molecule has 130 valence electrons. The SMILES string of the molecule is Cc1ccc(CN(C)Cn2nc(C)n(-c3ccc(C)cc3)c2=S)cc1. The van der Waals surface area contributed by atoms with Crippen LogP contribution in [-0.2, 0) is 13.2 Å². The van der Waals surface area contributed by atoms with Crippen LogP contribution in [0.25, 0.3) is 5.69 Å². The van der Waals surface area contributed by atoms with Crippen molar-refractivity contribution < 1.29 is 0 Å². The van der Waals surface area contributed by atoms with Gasteiger partial charge >= 0.3 is 0 Å². The Labute approximate surface area is 154 Å². The van der Waals surface area contributed by atoms with Crippen molar-refractivity contribution in [3.05, 3.63) is 75.8 Å². The number of aryl methyl sites for hydroxylation is 3. The molecule has 1 heterocycles. The summed E-state index contributed by atoms with van der Waals surface area (Å²) >= 11 is 5.66. The van der Waals surface area contributed by atoms with Crippen molar-refractivity contribution in [2.24, 2.45) is 0 Å². The van der Waals surface area contributed by atoms with Gasteiger partial charge in [-0.2, -0.15) is 5.10 Å². The van der Waals surface area contributed by atoms with E-state index in [1.54, 1.807) is 0 Å². The summed E-state index contributed by atoms with van der Waals surface area (Å²) in [7, 11) is 2.09. The van der Waals surface area contributed by atoms with Crippen molar-refractivity contribution in [3.63, 3.8) is 0 Å². The first kappa shape index (κ1) is 17.6. The smallest absolute Gasteiger partial charge is 0.203 e. The Morgan fingerprint density at radius 2 is 1.48 bits per heavy atom. The van der Waals surface area contributed by atoms with E-state index in [1.165, 1.54) is 16.7 Å². The molecule has 0 atom stereocenters. The first-order chi connectivity index (χ1) is 11.9.